The smallest absolute Gasteiger partial charge is 0.220 e. The Morgan fingerprint density at radius 2 is 2.08 bits per heavy atom. The van der Waals surface area contributed by atoms with Gasteiger partial charge in [0, 0.05) is 19.0 Å². The Balaban J connectivity index is 3.54. The van der Waals surface area contributed by atoms with Crippen LogP contribution in [0.5, 0.6) is 0 Å². The lowest BCUT2D eigenvalue weighted by atomic mass is 10.2. The number of nitrogens with one attached hydrogen (secondary N) is 1. The van der Waals surface area contributed by atoms with Gasteiger partial charge >= 0.3 is 0 Å². The number of likely N-dealkylation sites (N-methyl/N-ethyl adjacent to an activating group) is 1. The molecule has 3 heteroatoms. The van der Waals surface area contributed by atoms with E-state index in [0.29, 0.717) is 6.42 Å². The molecule has 0 saturated heterocycles. The number of hydrogen-bond acceptors (Lipinski definition) is 2. The molecule has 1 N–H and O–H groups in total. The van der Waals surface area contributed by atoms with E-state index in [2.05, 4.69) is 10.2 Å². The summed E-state index contributed by atoms with van der Waals surface area (Å²) in [7, 11) is 4.00. The molecule has 0 aromatic rings. The van der Waals surface area contributed by atoms with Crippen LogP contribution in [0.25, 0.3) is 0 Å². The molecule has 0 aliphatic heterocycles. The second-order valence-corrected chi connectivity index (χ2v) is 3.48. The van der Waals surface area contributed by atoms with Crippen molar-refractivity contribution < 1.29 is 4.79 Å². The number of hydrogen-bond donors (Lipinski definition) is 1. The zero-order valence-electron chi connectivity index (χ0n) is 8.55. The van der Waals surface area contributed by atoms with Gasteiger partial charge in [0.1, 0.15) is 0 Å². The Morgan fingerprint density at radius 1 is 1.50 bits per heavy atom. The quantitative estimate of drug-likeness (QED) is 0.667. The minimum atomic E-state index is 0.159. The Bertz CT molecular complexity index is 134. The van der Waals surface area contributed by atoms with Gasteiger partial charge in [-0.15, -0.1) is 0 Å². The summed E-state index contributed by atoms with van der Waals surface area (Å²) in [6, 6.07) is 0.249. The third kappa shape index (κ3) is 6.16. The fourth-order valence-corrected chi connectivity index (χ4v) is 1.17. The zero-order valence-corrected chi connectivity index (χ0v) is 8.55. The first kappa shape index (κ1) is 11.4. The first-order chi connectivity index (χ1) is 5.56. The lowest BCUT2D eigenvalue weighted by molar-refractivity contribution is -0.121. The van der Waals surface area contributed by atoms with Crippen LogP contribution in [0.15, 0.2) is 0 Å². The molecule has 12 heavy (non-hydrogen) atoms. The molecule has 0 spiro atoms. The molecule has 3 nitrogen and oxygen atoms in total. The van der Waals surface area contributed by atoms with Crippen molar-refractivity contribution in [2.75, 3.05) is 20.6 Å². The second-order valence-electron chi connectivity index (χ2n) is 3.48. The van der Waals surface area contributed by atoms with Gasteiger partial charge < -0.3 is 10.2 Å². The fourth-order valence-electron chi connectivity index (χ4n) is 1.17. The van der Waals surface area contributed by atoms with E-state index in [1.54, 1.807) is 0 Å². The average molecular weight is 172 g/mol. The molecule has 72 valence electrons. The summed E-state index contributed by atoms with van der Waals surface area (Å²) in [6.45, 7) is 4.93. The molecular weight excluding hydrogens is 152 g/mol. The van der Waals surface area contributed by atoms with Crippen LogP contribution in [0.3, 0.4) is 0 Å². The van der Waals surface area contributed by atoms with Crippen LogP contribution >= 0.6 is 0 Å². The summed E-state index contributed by atoms with van der Waals surface area (Å²) in [5, 5.41) is 2.93. The van der Waals surface area contributed by atoms with E-state index in [0.717, 1.165) is 13.0 Å². The predicted octanol–water partition coefficient (Wildman–Crippen LogP) is 0.853. The monoisotopic (exact) mass is 172 g/mol. The van der Waals surface area contributed by atoms with E-state index in [4.69, 9.17) is 0 Å². The van der Waals surface area contributed by atoms with Crippen molar-refractivity contribution in [1.82, 2.24) is 10.2 Å². The summed E-state index contributed by atoms with van der Waals surface area (Å²) in [6.07, 6.45) is 1.55. The summed E-state index contributed by atoms with van der Waals surface area (Å²) < 4.78 is 0. The van der Waals surface area contributed by atoms with Crippen molar-refractivity contribution in [3.63, 3.8) is 0 Å². The van der Waals surface area contributed by atoms with E-state index < -0.39 is 0 Å². The number of amides is 1. The molecule has 0 aromatic heterocycles. The maximum absolute atomic E-state index is 11.1. The molecule has 0 aliphatic rings. The summed E-state index contributed by atoms with van der Waals surface area (Å²) in [5.41, 5.74) is 0. The van der Waals surface area contributed by atoms with Crippen LogP contribution in [0, 0.1) is 0 Å². The van der Waals surface area contributed by atoms with Crippen molar-refractivity contribution in [1.29, 1.82) is 0 Å². The average Bonchev–Trinajstić information content (AvgIpc) is 1.84. The molecule has 0 rings (SSSR count). The standard InChI is InChI=1S/C9H20N2O/c1-5-6-9(12)10-8(2)7-11(3)4/h8H,5-7H2,1-4H3,(H,10,12). The molecule has 0 aromatic carbocycles. The van der Waals surface area contributed by atoms with Crippen molar-refractivity contribution in [2.24, 2.45) is 0 Å². The number of carbonyl (C=O) groups is 1. The molecule has 0 aliphatic carbocycles. The molecule has 1 amide bonds. The van der Waals surface area contributed by atoms with Gasteiger partial charge in [0.2, 0.25) is 5.91 Å². The van der Waals surface area contributed by atoms with Gasteiger partial charge in [-0.3, -0.25) is 4.79 Å². The van der Waals surface area contributed by atoms with Gasteiger partial charge in [-0.05, 0) is 27.4 Å². The predicted molar refractivity (Wildman–Crippen MR) is 51.1 cm³/mol. The second kappa shape index (κ2) is 6.00. The Morgan fingerprint density at radius 3 is 2.50 bits per heavy atom. The normalized spacial score (nSPS) is 13.1. The zero-order chi connectivity index (χ0) is 9.56. The maximum Gasteiger partial charge on any atom is 0.220 e. The highest BCUT2D eigenvalue weighted by Crippen LogP contribution is 1.90. The summed E-state index contributed by atoms with van der Waals surface area (Å²) >= 11 is 0. The summed E-state index contributed by atoms with van der Waals surface area (Å²) in [5.74, 6) is 0.159. The molecule has 1 unspecified atom stereocenters. The fraction of sp³-hybridized carbons (Fsp3) is 0.889. The third-order valence-electron chi connectivity index (χ3n) is 1.52. The van der Waals surface area contributed by atoms with E-state index in [1.165, 1.54) is 0 Å². The van der Waals surface area contributed by atoms with E-state index in [9.17, 15) is 4.79 Å². The minimum Gasteiger partial charge on any atom is -0.352 e. The Kier molecular flexibility index (Phi) is 5.72. The molecule has 0 fully saturated rings. The van der Waals surface area contributed by atoms with Crippen molar-refractivity contribution in [3.8, 4) is 0 Å². The van der Waals surface area contributed by atoms with Gasteiger partial charge in [-0.2, -0.15) is 0 Å². The molecule has 1 atom stereocenters. The van der Waals surface area contributed by atoms with Crippen LogP contribution in [-0.2, 0) is 4.79 Å². The highest BCUT2D eigenvalue weighted by molar-refractivity contribution is 5.76. The Hall–Kier alpha value is -0.570. The van der Waals surface area contributed by atoms with E-state index in [1.807, 2.05) is 27.9 Å². The molecule has 0 saturated carbocycles. The lowest BCUT2D eigenvalue weighted by Crippen LogP contribution is -2.39. The molecule has 0 heterocycles. The first-order valence-electron chi connectivity index (χ1n) is 4.50. The van der Waals surface area contributed by atoms with E-state index >= 15 is 0 Å². The van der Waals surface area contributed by atoms with Gasteiger partial charge in [-0.25, -0.2) is 0 Å². The van der Waals surface area contributed by atoms with Gasteiger partial charge in [0.05, 0.1) is 0 Å². The van der Waals surface area contributed by atoms with Crippen LogP contribution in [-0.4, -0.2) is 37.5 Å². The van der Waals surface area contributed by atoms with Crippen LogP contribution in [0.1, 0.15) is 26.7 Å². The third-order valence-corrected chi connectivity index (χ3v) is 1.52. The van der Waals surface area contributed by atoms with Crippen molar-refractivity contribution in [3.05, 3.63) is 0 Å². The van der Waals surface area contributed by atoms with Gasteiger partial charge in [-0.1, -0.05) is 6.92 Å². The molecular formula is C9H20N2O. The number of nitrogens with zero attached hydrogens (tertiary/aromatic N) is 1. The van der Waals surface area contributed by atoms with Gasteiger partial charge in [0.15, 0.2) is 0 Å². The van der Waals surface area contributed by atoms with Crippen LogP contribution in [0.4, 0.5) is 0 Å². The van der Waals surface area contributed by atoms with E-state index in [-0.39, 0.29) is 11.9 Å². The Labute approximate surface area is 75.1 Å². The maximum atomic E-state index is 11.1. The van der Waals surface area contributed by atoms with Crippen LogP contribution < -0.4 is 5.32 Å². The minimum absolute atomic E-state index is 0.159. The molecule has 0 radical (unpaired) electrons. The van der Waals surface area contributed by atoms with Gasteiger partial charge in [0.25, 0.3) is 0 Å². The van der Waals surface area contributed by atoms with Crippen LogP contribution in [0.2, 0.25) is 0 Å². The SMILES string of the molecule is CCCC(=O)NC(C)CN(C)C. The van der Waals surface area contributed by atoms with Crippen molar-refractivity contribution >= 4 is 5.91 Å². The largest absolute Gasteiger partial charge is 0.352 e. The first-order valence-corrected chi connectivity index (χ1v) is 4.50. The lowest BCUT2D eigenvalue weighted by Gasteiger charge is -2.17. The number of rotatable bonds is 5. The number of carbonyl (C=O) groups excluding carboxylic acids is 1. The molecule has 0 bridgehead atoms. The highest BCUT2D eigenvalue weighted by atomic mass is 16.1. The topological polar surface area (TPSA) is 32.3 Å². The van der Waals surface area contributed by atoms with Crippen molar-refractivity contribution in [2.45, 2.75) is 32.7 Å². The highest BCUT2D eigenvalue weighted by Gasteiger charge is 2.06. The summed E-state index contributed by atoms with van der Waals surface area (Å²) in [4.78, 5) is 13.2.